The van der Waals surface area contributed by atoms with Crippen LogP contribution in [0, 0.1) is 11.8 Å². The molecule has 4 aliphatic rings. The van der Waals surface area contributed by atoms with Gasteiger partial charge in [0.25, 0.3) is 5.91 Å². The largest absolute Gasteiger partial charge is 0.495 e. The number of amides is 4. The Bertz CT molecular complexity index is 1310. The number of imide groups is 1. The second-order valence-electron chi connectivity index (χ2n) is 9.83. The molecule has 1 N–H and O–H groups in total. The zero-order valence-electron chi connectivity index (χ0n) is 20.7. The molecule has 10 heteroatoms. The Morgan fingerprint density at radius 2 is 1.70 bits per heavy atom. The molecule has 0 aromatic heterocycles. The monoisotopic (exact) mass is 504 g/mol. The Morgan fingerprint density at radius 1 is 1.03 bits per heavy atom. The summed E-state index contributed by atoms with van der Waals surface area (Å²) in [5.74, 6) is -2.71. The van der Waals surface area contributed by atoms with E-state index in [1.165, 1.54) is 12.0 Å². The van der Waals surface area contributed by atoms with Gasteiger partial charge in [0.05, 0.1) is 37.8 Å². The van der Waals surface area contributed by atoms with E-state index in [9.17, 15) is 19.2 Å². The molecule has 1 spiro atoms. The molecule has 0 saturated carbocycles. The minimum atomic E-state index is -1.45. The second kappa shape index (κ2) is 8.67. The standard InChI is InChI=1S/C27H28N4O6/c1-16-22-23(25(34)31(24(22)33)19-9-5-6-10-20(19)36-2)27(28-16)17-7-3-4-8-18(17)30(26(27)35)15-21(32)29-11-13-37-14-12-29/h3-10,16,22-23,28H,11-15H2,1-2H3/t16-,22-,23-,27-/m0/s1. The van der Waals surface area contributed by atoms with Crippen molar-refractivity contribution in [3.05, 3.63) is 54.1 Å². The maximum Gasteiger partial charge on any atom is 0.253 e. The first-order valence-electron chi connectivity index (χ1n) is 12.5. The van der Waals surface area contributed by atoms with Crippen molar-refractivity contribution in [1.29, 1.82) is 0 Å². The normalized spacial score (nSPS) is 28.8. The fourth-order valence-corrected chi connectivity index (χ4v) is 6.37. The van der Waals surface area contributed by atoms with E-state index in [4.69, 9.17) is 9.47 Å². The van der Waals surface area contributed by atoms with Crippen LogP contribution in [0.3, 0.4) is 0 Å². The first-order valence-corrected chi connectivity index (χ1v) is 12.5. The Kier molecular flexibility index (Phi) is 5.54. The molecule has 0 bridgehead atoms. The average Bonchev–Trinajstić information content (AvgIpc) is 3.47. The van der Waals surface area contributed by atoms with Crippen LogP contribution in [0.1, 0.15) is 12.5 Å². The SMILES string of the molecule is COc1ccccc1N1C(=O)[C@H]2[C@H](C)N[C@]3(C(=O)N(CC(=O)N4CCOCC4)c4ccccc43)[C@@H]2C1=O. The summed E-state index contributed by atoms with van der Waals surface area (Å²) in [6.45, 7) is 3.52. The fraction of sp³-hybridized carbons (Fsp3) is 0.407. The smallest absolute Gasteiger partial charge is 0.253 e. The van der Waals surface area contributed by atoms with Crippen LogP contribution < -0.4 is 19.9 Å². The summed E-state index contributed by atoms with van der Waals surface area (Å²) in [5.41, 5.74) is 0.0904. The summed E-state index contributed by atoms with van der Waals surface area (Å²) >= 11 is 0. The lowest BCUT2D eigenvalue weighted by Gasteiger charge is -2.31. The first kappa shape index (κ1) is 23.6. The predicted octanol–water partition coefficient (Wildman–Crippen LogP) is 0.893. The van der Waals surface area contributed by atoms with Crippen molar-refractivity contribution in [1.82, 2.24) is 10.2 Å². The lowest BCUT2D eigenvalue weighted by molar-refractivity contribution is -0.136. The van der Waals surface area contributed by atoms with Crippen LogP contribution in [0.4, 0.5) is 11.4 Å². The topological polar surface area (TPSA) is 108 Å². The summed E-state index contributed by atoms with van der Waals surface area (Å²) in [5, 5.41) is 3.35. The van der Waals surface area contributed by atoms with Gasteiger partial charge in [0.2, 0.25) is 17.7 Å². The molecule has 37 heavy (non-hydrogen) atoms. The molecule has 3 fully saturated rings. The number of morpholine rings is 1. The van der Waals surface area contributed by atoms with E-state index < -0.39 is 35.2 Å². The molecule has 4 amide bonds. The van der Waals surface area contributed by atoms with E-state index >= 15 is 0 Å². The molecule has 0 unspecified atom stereocenters. The summed E-state index contributed by atoms with van der Waals surface area (Å²) in [4.78, 5) is 59.5. The number of methoxy groups -OCH3 is 1. The van der Waals surface area contributed by atoms with Crippen molar-refractivity contribution in [2.45, 2.75) is 18.5 Å². The average molecular weight is 505 g/mol. The number of carbonyl (C=O) groups is 4. The third-order valence-corrected chi connectivity index (χ3v) is 8.00. The molecular weight excluding hydrogens is 476 g/mol. The van der Waals surface area contributed by atoms with Gasteiger partial charge in [-0.05, 0) is 25.1 Å². The Morgan fingerprint density at radius 3 is 2.43 bits per heavy atom. The molecule has 2 aromatic rings. The number of carbonyl (C=O) groups excluding carboxylic acids is 4. The zero-order chi connectivity index (χ0) is 25.9. The number of anilines is 2. The summed E-state index contributed by atoms with van der Waals surface area (Å²) < 4.78 is 10.8. The second-order valence-corrected chi connectivity index (χ2v) is 9.83. The van der Waals surface area contributed by atoms with Gasteiger partial charge >= 0.3 is 0 Å². The molecule has 10 nitrogen and oxygen atoms in total. The van der Waals surface area contributed by atoms with E-state index in [1.807, 2.05) is 6.92 Å². The maximum atomic E-state index is 14.3. The molecule has 6 rings (SSSR count). The molecule has 0 aliphatic carbocycles. The number of hydrogen-bond donors (Lipinski definition) is 1. The minimum absolute atomic E-state index is 0.149. The number of benzene rings is 2. The highest BCUT2D eigenvalue weighted by atomic mass is 16.5. The Hall–Kier alpha value is -3.76. The number of hydrogen-bond acceptors (Lipinski definition) is 7. The molecule has 2 aromatic carbocycles. The number of nitrogens with one attached hydrogen (secondary N) is 1. The van der Waals surface area contributed by atoms with Gasteiger partial charge in [-0.25, -0.2) is 4.90 Å². The van der Waals surface area contributed by atoms with E-state index in [0.29, 0.717) is 49.0 Å². The number of rotatable bonds is 4. The molecule has 0 radical (unpaired) electrons. The molecule has 4 heterocycles. The van der Waals surface area contributed by atoms with Gasteiger partial charge in [-0.15, -0.1) is 0 Å². The maximum absolute atomic E-state index is 14.3. The van der Waals surface area contributed by atoms with Crippen LogP contribution in [0.5, 0.6) is 5.75 Å². The molecule has 4 atom stereocenters. The van der Waals surface area contributed by atoms with Crippen LogP contribution in [0.2, 0.25) is 0 Å². The van der Waals surface area contributed by atoms with Crippen LogP contribution in [-0.2, 0) is 29.5 Å². The molecule has 3 saturated heterocycles. The lowest BCUT2D eigenvalue weighted by atomic mass is 9.76. The Labute approximate surface area is 214 Å². The summed E-state index contributed by atoms with van der Waals surface area (Å²) in [7, 11) is 1.48. The Balaban J connectivity index is 1.41. The number of nitrogens with zero attached hydrogens (tertiary/aromatic N) is 3. The van der Waals surface area contributed by atoms with Crippen LogP contribution in [-0.4, -0.2) is 74.5 Å². The minimum Gasteiger partial charge on any atom is -0.495 e. The zero-order valence-corrected chi connectivity index (χ0v) is 20.7. The van der Waals surface area contributed by atoms with Crippen LogP contribution in [0.25, 0.3) is 0 Å². The van der Waals surface area contributed by atoms with Crippen molar-refractivity contribution < 1.29 is 28.7 Å². The van der Waals surface area contributed by atoms with Crippen molar-refractivity contribution in [2.24, 2.45) is 11.8 Å². The van der Waals surface area contributed by atoms with E-state index in [-0.39, 0.29) is 18.4 Å². The van der Waals surface area contributed by atoms with Crippen molar-refractivity contribution in [3.8, 4) is 5.75 Å². The molecular formula is C27H28N4O6. The van der Waals surface area contributed by atoms with Crippen LogP contribution in [0.15, 0.2) is 48.5 Å². The van der Waals surface area contributed by atoms with E-state index in [2.05, 4.69) is 5.32 Å². The predicted molar refractivity (Wildman–Crippen MR) is 133 cm³/mol. The van der Waals surface area contributed by atoms with Crippen molar-refractivity contribution >= 4 is 35.0 Å². The van der Waals surface area contributed by atoms with Gasteiger partial charge < -0.3 is 19.3 Å². The number of ether oxygens (including phenoxy) is 2. The third kappa shape index (κ3) is 3.25. The number of fused-ring (bicyclic) bond motifs is 4. The van der Waals surface area contributed by atoms with Gasteiger partial charge in [-0.2, -0.15) is 0 Å². The fourth-order valence-electron chi connectivity index (χ4n) is 6.37. The van der Waals surface area contributed by atoms with Crippen molar-refractivity contribution in [2.75, 3.05) is 49.8 Å². The van der Waals surface area contributed by atoms with Crippen LogP contribution >= 0.6 is 0 Å². The molecule has 4 aliphatic heterocycles. The third-order valence-electron chi connectivity index (χ3n) is 8.00. The highest BCUT2D eigenvalue weighted by Gasteiger charge is 2.71. The highest BCUT2D eigenvalue weighted by Crippen LogP contribution is 2.55. The van der Waals surface area contributed by atoms with Gasteiger partial charge in [-0.3, -0.25) is 24.5 Å². The van der Waals surface area contributed by atoms with Gasteiger partial charge in [0.15, 0.2) is 0 Å². The van der Waals surface area contributed by atoms with E-state index in [1.54, 1.807) is 53.4 Å². The van der Waals surface area contributed by atoms with E-state index in [0.717, 1.165) is 4.90 Å². The van der Waals surface area contributed by atoms with Gasteiger partial charge in [0, 0.05) is 30.4 Å². The lowest BCUT2D eigenvalue weighted by Crippen LogP contribution is -2.56. The highest BCUT2D eigenvalue weighted by molar-refractivity contribution is 6.26. The molecule has 192 valence electrons. The summed E-state index contributed by atoms with van der Waals surface area (Å²) in [6.07, 6.45) is 0. The number of para-hydroxylation sites is 3. The van der Waals surface area contributed by atoms with Crippen molar-refractivity contribution in [3.63, 3.8) is 0 Å². The first-order chi connectivity index (χ1) is 17.9. The van der Waals surface area contributed by atoms with Gasteiger partial charge in [-0.1, -0.05) is 30.3 Å². The quantitative estimate of drug-likeness (QED) is 0.616. The van der Waals surface area contributed by atoms with Gasteiger partial charge in [0.1, 0.15) is 17.8 Å². The summed E-state index contributed by atoms with van der Waals surface area (Å²) in [6, 6.07) is 13.6.